The number of benzene rings is 2. The summed E-state index contributed by atoms with van der Waals surface area (Å²) in [6, 6.07) is 13.5. The lowest BCUT2D eigenvalue weighted by atomic mass is 10.1. The van der Waals surface area contributed by atoms with Crippen molar-refractivity contribution < 1.29 is 27.8 Å². The summed E-state index contributed by atoms with van der Waals surface area (Å²) < 4.78 is 46.7. The fourth-order valence-corrected chi connectivity index (χ4v) is 5.32. The molecule has 4 heterocycles. The Balaban J connectivity index is 1.37. The number of nitrogens with zero attached hydrogens (tertiary/aromatic N) is 6. The van der Waals surface area contributed by atoms with Crippen molar-refractivity contribution in [3.63, 3.8) is 0 Å². The van der Waals surface area contributed by atoms with E-state index in [-0.39, 0.29) is 30.2 Å². The van der Waals surface area contributed by atoms with Gasteiger partial charge in [-0.05, 0) is 54.8 Å². The Morgan fingerprint density at radius 2 is 1.82 bits per heavy atom. The summed E-state index contributed by atoms with van der Waals surface area (Å²) in [7, 11) is 0. The molecule has 208 valence electrons. The number of nitrogens with two attached hydrogens (primary N) is 1. The summed E-state index contributed by atoms with van der Waals surface area (Å²) in [6.45, 7) is -0.0500. The number of halogens is 3. The number of fused-ring (bicyclic) bond motifs is 3. The van der Waals surface area contributed by atoms with Crippen LogP contribution < -0.4 is 15.5 Å². The highest BCUT2D eigenvalue weighted by Gasteiger charge is 2.36. The second kappa shape index (κ2) is 9.97. The summed E-state index contributed by atoms with van der Waals surface area (Å²) in [4.78, 5) is 24.5. The second-order valence-electron chi connectivity index (χ2n) is 10.0. The maximum Gasteiger partial charge on any atom is 0.412 e. The largest absolute Gasteiger partial charge is 0.465 e. The average Bonchev–Trinajstić information content (AvgIpc) is 3.47. The maximum absolute atomic E-state index is 13.3. The minimum Gasteiger partial charge on any atom is -0.465 e. The quantitative estimate of drug-likeness (QED) is 0.330. The summed E-state index contributed by atoms with van der Waals surface area (Å²) in [5, 5.41) is 14.3. The van der Waals surface area contributed by atoms with Crippen LogP contribution in [-0.4, -0.2) is 62.4 Å². The number of nitrogen functional groups attached to an aromatic ring is 1. The van der Waals surface area contributed by atoms with Crippen LogP contribution in [0.25, 0.3) is 22.4 Å². The zero-order valence-corrected chi connectivity index (χ0v) is 21.3. The van der Waals surface area contributed by atoms with Crippen LogP contribution in [0.2, 0.25) is 0 Å². The van der Waals surface area contributed by atoms with Crippen LogP contribution >= 0.6 is 0 Å². The van der Waals surface area contributed by atoms with Gasteiger partial charge in [0.2, 0.25) is 0 Å². The molecule has 1 amide bonds. The van der Waals surface area contributed by atoms with Crippen molar-refractivity contribution in [2.45, 2.75) is 44.3 Å². The first-order chi connectivity index (χ1) is 19.1. The molecule has 2 fully saturated rings. The molecule has 40 heavy (non-hydrogen) atoms. The number of aromatic nitrogens is 4. The molecule has 6 rings (SSSR count). The molecule has 10 nitrogen and oxygen atoms in total. The summed E-state index contributed by atoms with van der Waals surface area (Å²) >= 11 is 0. The second-order valence-corrected chi connectivity index (χ2v) is 10.0. The Hall–Kier alpha value is -4.39. The van der Waals surface area contributed by atoms with E-state index in [1.165, 1.54) is 11.1 Å². The van der Waals surface area contributed by atoms with Gasteiger partial charge in [0.25, 0.3) is 0 Å². The van der Waals surface area contributed by atoms with Crippen molar-refractivity contribution in [3.05, 3.63) is 60.3 Å². The number of alkyl halides is 3. The third kappa shape index (κ3) is 5.24. The van der Waals surface area contributed by atoms with E-state index in [4.69, 9.17) is 15.5 Å². The number of rotatable bonds is 6. The van der Waals surface area contributed by atoms with Gasteiger partial charge in [-0.2, -0.15) is 18.3 Å². The normalized spacial score (nSPS) is 18.8. The number of ether oxygens (including phenoxy) is 1. The molecule has 0 spiro atoms. The maximum atomic E-state index is 13.3. The third-order valence-electron chi connectivity index (χ3n) is 7.11. The third-order valence-corrected chi connectivity index (χ3v) is 7.11. The molecule has 3 N–H and O–H groups in total. The fourth-order valence-electron chi connectivity index (χ4n) is 5.32. The summed E-state index contributed by atoms with van der Waals surface area (Å²) in [5.74, 6) is 0.723. The molecule has 2 aromatic heterocycles. The number of anilines is 3. The zero-order valence-electron chi connectivity index (χ0n) is 21.3. The average molecular weight is 554 g/mol. The standard InChI is InChI=1S/C27H26F3N7O3/c28-27(29,30)15-37-25-22(11-32-37)24(35-13-20-8-9-21(14-35)40-20)33-23(34-25)17-4-6-19(7-5-17)36(26(38)39)12-16-2-1-3-18(31)10-16/h1-7,10-11,20-21H,8-9,12-15,31H2,(H,38,39). The van der Waals surface area contributed by atoms with Gasteiger partial charge in [-0.1, -0.05) is 12.1 Å². The number of morpholine rings is 1. The van der Waals surface area contributed by atoms with Crippen molar-refractivity contribution in [1.82, 2.24) is 19.7 Å². The first-order valence-corrected chi connectivity index (χ1v) is 12.8. The highest BCUT2D eigenvalue weighted by atomic mass is 19.4. The molecule has 2 atom stereocenters. The molecule has 2 bridgehead atoms. The van der Waals surface area contributed by atoms with E-state index >= 15 is 0 Å². The summed E-state index contributed by atoms with van der Waals surface area (Å²) in [5.41, 5.74) is 8.10. The monoisotopic (exact) mass is 553 g/mol. The van der Waals surface area contributed by atoms with E-state index in [1.54, 1.807) is 48.5 Å². The minimum atomic E-state index is -4.48. The van der Waals surface area contributed by atoms with E-state index in [2.05, 4.69) is 10.1 Å². The lowest BCUT2D eigenvalue weighted by Gasteiger charge is -2.33. The van der Waals surface area contributed by atoms with Gasteiger partial charge in [0.05, 0.1) is 30.3 Å². The van der Waals surface area contributed by atoms with Crippen LogP contribution in [0.4, 0.5) is 35.2 Å². The number of carboxylic acid groups (broad SMARTS) is 1. The molecule has 2 aliphatic heterocycles. The molecule has 2 saturated heterocycles. The number of amides is 1. The molecular weight excluding hydrogens is 527 g/mol. The van der Waals surface area contributed by atoms with E-state index in [0.29, 0.717) is 41.2 Å². The van der Waals surface area contributed by atoms with E-state index in [0.717, 1.165) is 23.1 Å². The van der Waals surface area contributed by atoms with Gasteiger partial charge >= 0.3 is 12.3 Å². The van der Waals surface area contributed by atoms with Crippen LogP contribution in [0, 0.1) is 0 Å². The van der Waals surface area contributed by atoms with Crippen molar-refractivity contribution in [2.24, 2.45) is 0 Å². The molecule has 13 heteroatoms. The van der Waals surface area contributed by atoms with Crippen LogP contribution in [-0.2, 0) is 17.8 Å². The highest BCUT2D eigenvalue weighted by molar-refractivity contribution is 5.89. The van der Waals surface area contributed by atoms with Crippen molar-refractivity contribution in [2.75, 3.05) is 28.6 Å². The molecular formula is C27H26F3N7O3. The van der Waals surface area contributed by atoms with Crippen molar-refractivity contribution >= 4 is 34.3 Å². The highest BCUT2D eigenvalue weighted by Crippen LogP contribution is 2.34. The number of hydrogen-bond donors (Lipinski definition) is 2. The first kappa shape index (κ1) is 25.9. The zero-order chi connectivity index (χ0) is 28.0. The Labute approximate surface area is 226 Å². The van der Waals surface area contributed by atoms with Gasteiger partial charge < -0.3 is 20.5 Å². The predicted octanol–water partition coefficient (Wildman–Crippen LogP) is 4.69. The van der Waals surface area contributed by atoms with Crippen LogP contribution in [0.15, 0.2) is 54.7 Å². The molecule has 0 radical (unpaired) electrons. The minimum absolute atomic E-state index is 0.0404. The van der Waals surface area contributed by atoms with Crippen LogP contribution in [0.3, 0.4) is 0 Å². The van der Waals surface area contributed by atoms with E-state index in [1.807, 2.05) is 4.90 Å². The summed E-state index contributed by atoms with van der Waals surface area (Å²) in [6.07, 6.45) is -2.32. The Morgan fingerprint density at radius 3 is 2.48 bits per heavy atom. The lowest BCUT2D eigenvalue weighted by molar-refractivity contribution is -0.141. The molecule has 0 saturated carbocycles. The fraction of sp³-hybridized carbons (Fsp3) is 0.333. The first-order valence-electron chi connectivity index (χ1n) is 12.8. The van der Waals surface area contributed by atoms with Crippen LogP contribution in [0.1, 0.15) is 18.4 Å². The molecule has 2 unspecified atom stereocenters. The molecule has 0 aliphatic carbocycles. The predicted molar refractivity (Wildman–Crippen MR) is 142 cm³/mol. The van der Waals surface area contributed by atoms with Gasteiger partial charge in [0, 0.05) is 30.0 Å². The van der Waals surface area contributed by atoms with E-state index < -0.39 is 18.8 Å². The number of carbonyl (C=O) groups is 1. The lowest BCUT2D eigenvalue weighted by Crippen LogP contribution is -2.43. The van der Waals surface area contributed by atoms with Gasteiger partial charge in [0.1, 0.15) is 12.4 Å². The van der Waals surface area contributed by atoms with Crippen molar-refractivity contribution in [3.8, 4) is 11.4 Å². The number of hydrogen-bond acceptors (Lipinski definition) is 7. The Kier molecular flexibility index (Phi) is 6.45. The SMILES string of the molecule is Nc1cccc(CN(C(=O)O)c2ccc(-c3nc(N4CC5CCC(C4)O5)c4cnn(CC(F)(F)F)c4n3)cc2)c1. The Bertz CT molecular complexity index is 1550. The molecule has 4 aromatic rings. The van der Waals surface area contributed by atoms with Crippen LogP contribution in [0.5, 0.6) is 0 Å². The molecule has 2 aromatic carbocycles. The Morgan fingerprint density at radius 1 is 1.10 bits per heavy atom. The van der Waals surface area contributed by atoms with E-state index in [9.17, 15) is 23.1 Å². The molecule has 2 aliphatic rings. The van der Waals surface area contributed by atoms with Crippen molar-refractivity contribution in [1.29, 1.82) is 0 Å². The topological polar surface area (TPSA) is 123 Å². The van der Waals surface area contributed by atoms with Gasteiger partial charge in [-0.3, -0.25) is 4.90 Å². The van der Waals surface area contributed by atoms with Gasteiger partial charge in [-0.15, -0.1) is 0 Å². The van der Waals surface area contributed by atoms with Gasteiger partial charge in [-0.25, -0.2) is 19.4 Å². The smallest absolute Gasteiger partial charge is 0.412 e. The van der Waals surface area contributed by atoms with Gasteiger partial charge in [0.15, 0.2) is 11.5 Å².